The number of aromatic nitrogens is 3. The number of amides is 1. The Hall–Kier alpha value is -1.82. The molecular weight excluding hydrogens is 304 g/mol. The number of aryl methyl sites for hydroxylation is 2. The Kier molecular flexibility index (Phi) is 4.90. The Morgan fingerprint density at radius 1 is 1.41 bits per heavy atom. The van der Waals surface area contributed by atoms with E-state index in [-0.39, 0.29) is 11.9 Å². The monoisotopic (exact) mass is 324 g/mol. The van der Waals surface area contributed by atoms with E-state index in [1.807, 2.05) is 27.7 Å². The molecule has 0 aliphatic rings. The summed E-state index contributed by atoms with van der Waals surface area (Å²) in [6.45, 7) is 9.89. The second kappa shape index (κ2) is 6.52. The predicted molar refractivity (Wildman–Crippen MR) is 84.3 cm³/mol. The fraction of sp³-hybridized carbons (Fsp3) is 0.533. The van der Waals surface area contributed by atoms with Crippen molar-refractivity contribution in [1.82, 2.24) is 20.3 Å². The first-order chi connectivity index (χ1) is 10.3. The van der Waals surface area contributed by atoms with E-state index in [1.54, 1.807) is 11.6 Å². The summed E-state index contributed by atoms with van der Waals surface area (Å²) in [6, 6.07) is 0.0838. The summed E-state index contributed by atoms with van der Waals surface area (Å²) in [7, 11) is 0. The van der Waals surface area contributed by atoms with Crippen molar-refractivity contribution in [3.8, 4) is 0 Å². The highest BCUT2D eigenvalue weighted by molar-refractivity contribution is 6.31. The molecule has 0 aromatic carbocycles. The molecule has 6 nitrogen and oxygen atoms in total. The number of carbonyl (C=O) groups excluding carboxylic acids is 1. The molecule has 0 saturated carbocycles. The Bertz CT molecular complexity index is 690. The molecule has 7 heteroatoms. The summed E-state index contributed by atoms with van der Waals surface area (Å²) in [5.74, 6) is 0.381. The lowest BCUT2D eigenvalue weighted by molar-refractivity contribution is 0.0929. The van der Waals surface area contributed by atoms with Crippen molar-refractivity contribution in [3.63, 3.8) is 0 Å². The van der Waals surface area contributed by atoms with Gasteiger partial charge in [-0.15, -0.1) is 0 Å². The van der Waals surface area contributed by atoms with Crippen molar-refractivity contribution in [3.05, 3.63) is 33.4 Å². The molecule has 1 unspecified atom stereocenters. The molecule has 0 aliphatic heterocycles. The van der Waals surface area contributed by atoms with E-state index in [0.717, 1.165) is 23.4 Å². The Morgan fingerprint density at radius 3 is 2.64 bits per heavy atom. The summed E-state index contributed by atoms with van der Waals surface area (Å²) in [4.78, 5) is 12.3. The molecule has 22 heavy (non-hydrogen) atoms. The molecule has 1 amide bonds. The van der Waals surface area contributed by atoms with Gasteiger partial charge in [-0.25, -0.2) is 0 Å². The minimum atomic E-state index is -0.228. The third-order valence-corrected chi connectivity index (χ3v) is 4.34. The van der Waals surface area contributed by atoms with Gasteiger partial charge in [0.15, 0.2) is 5.69 Å². The van der Waals surface area contributed by atoms with Crippen molar-refractivity contribution in [1.29, 1.82) is 0 Å². The van der Waals surface area contributed by atoms with Crippen molar-refractivity contribution >= 4 is 17.5 Å². The third-order valence-electron chi connectivity index (χ3n) is 3.79. The molecule has 2 aromatic heterocycles. The number of nitrogens with zero attached hydrogens (tertiary/aromatic N) is 3. The molecule has 0 saturated heterocycles. The Labute approximate surface area is 134 Å². The van der Waals surface area contributed by atoms with Crippen molar-refractivity contribution < 1.29 is 9.32 Å². The smallest absolute Gasteiger partial charge is 0.274 e. The van der Waals surface area contributed by atoms with Crippen LogP contribution in [-0.2, 0) is 6.54 Å². The van der Waals surface area contributed by atoms with Crippen LogP contribution in [0.25, 0.3) is 0 Å². The van der Waals surface area contributed by atoms with Gasteiger partial charge in [0.25, 0.3) is 5.91 Å². The van der Waals surface area contributed by atoms with Crippen LogP contribution in [0.5, 0.6) is 0 Å². The fourth-order valence-corrected chi connectivity index (χ4v) is 2.26. The van der Waals surface area contributed by atoms with Gasteiger partial charge in [0, 0.05) is 11.6 Å². The topological polar surface area (TPSA) is 73.0 Å². The number of nitrogens with one attached hydrogen (secondary N) is 1. The summed E-state index contributed by atoms with van der Waals surface area (Å²) in [5.41, 5.74) is 2.65. The van der Waals surface area contributed by atoms with Gasteiger partial charge in [0.2, 0.25) is 0 Å². The minimum absolute atomic E-state index is 0.0838. The first-order valence-corrected chi connectivity index (χ1v) is 7.68. The molecule has 1 atom stereocenters. The molecule has 1 N–H and O–H groups in total. The highest BCUT2D eigenvalue weighted by Gasteiger charge is 2.22. The first kappa shape index (κ1) is 16.5. The van der Waals surface area contributed by atoms with Gasteiger partial charge >= 0.3 is 0 Å². The third kappa shape index (κ3) is 3.16. The van der Waals surface area contributed by atoms with Crippen LogP contribution < -0.4 is 5.32 Å². The zero-order valence-corrected chi connectivity index (χ0v) is 14.3. The summed E-state index contributed by atoms with van der Waals surface area (Å²) < 4.78 is 6.96. The Balaban J connectivity index is 2.30. The predicted octanol–water partition coefficient (Wildman–Crippen LogP) is 3.03. The maximum Gasteiger partial charge on any atom is 0.274 e. The minimum Gasteiger partial charge on any atom is -0.361 e. The van der Waals surface area contributed by atoms with Gasteiger partial charge in [-0.05, 0) is 34.1 Å². The molecule has 0 bridgehead atoms. The zero-order chi connectivity index (χ0) is 16.4. The van der Waals surface area contributed by atoms with Crippen molar-refractivity contribution in [2.45, 2.75) is 53.6 Å². The van der Waals surface area contributed by atoms with Crippen LogP contribution in [0.2, 0.25) is 5.02 Å². The van der Waals surface area contributed by atoms with Crippen LogP contribution >= 0.6 is 11.6 Å². The molecular formula is C15H21ClN4O2. The van der Waals surface area contributed by atoms with E-state index in [9.17, 15) is 4.79 Å². The second-order valence-corrected chi connectivity index (χ2v) is 5.87. The number of hydrogen-bond donors (Lipinski definition) is 1. The first-order valence-electron chi connectivity index (χ1n) is 7.30. The summed E-state index contributed by atoms with van der Waals surface area (Å²) in [6.07, 6.45) is 0.852. The number of carbonyl (C=O) groups is 1. The van der Waals surface area contributed by atoms with E-state index < -0.39 is 0 Å². The second-order valence-electron chi connectivity index (χ2n) is 5.49. The van der Waals surface area contributed by atoms with E-state index in [0.29, 0.717) is 23.0 Å². The average molecular weight is 325 g/mol. The quantitative estimate of drug-likeness (QED) is 0.917. The Morgan fingerprint density at radius 2 is 2.09 bits per heavy atom. The van der Waals surface area contributed by atoms with E-state index in [2.05, 4.69) is 15.6 Å². The molecule has 0 spiro atoms. The largest absolute Gasteiger partial charge is 0.361 e. The van der Waals surface area contributed by atoms with Crippen LogP contribution in [0.1, 0.15) is 53.5 Å². The molecule has 2 rings (SSSR count). The van der Waals surface area contributed by atoms with Crippen LogP contribution in [0, 0.1) is 20.8 Å². The van der Waals surface area contributed by atoms with E-state index >= 15 is 0 Å². The number of hydrogen-bond acceptors (Lipinski definition) is 4. The lowest BCUT2D eigenvalue weighted by atomic mass is 10.1. The van der Waals surface area contributed by atoms with Gasteiger partial charge in [-0.3, -0.25) is 9.48 Å². The summed E-state index contributed by atoms with van der Waals surface area (Å²) >= 11 is 6.17. The number of halogens is 1. The van der Waals surface area contributed by atoms with Crippen LogP contribution in [0.3, 0.4) is 0 Å². The molecule has 0 aliphatic carbocycles. The lowest BCUT2D eigenvalue weighted by Gasteiger charge is -2.11. The molecule has 2 aromatic rings. The molecule has 0 radical (unpaired) electrons. The van der Waals surface area contributed by atoms with Gasteiger partial charge in [-0.2, -0.15) is 5.10 Å². The van der Waals surface area contributed by atoms with E-state index in [1.165, 1.54) is 0 Å². The molecule has 120 valence electrons. The van der Waals surface area contributed by atoms with E-state index in [4.69, 9.17) is 16.1 Å². The highest BCUT2D eigenvalue weighted by Crippen LogP contribution is 2.22. The van der Waals surface area contributed by atoms with Gasteiger partial charge < -0.3 is 9.84 Å². The number of rotatable bonds is 5. The van der Waals surface area contributed by atoms with Crippen molar-refractivity contribution in [2.24, 2.45) is 0 Å². The van der Waals surface area contributed by atoms with Gasteiger partial charge in [0.05, 0.1) is 23.0 Å². The molecule has 2 heterocycles. The van der Waals surface area contributed by atoms with Gasteiger partial charge in [0.1, 0.15) is 5.76 Å². The maximum absolute atomic E-state index is 12.3. The maximum atomic E-state index is 12.3. The van der Waals surface area contributed by atoms with Crippen LogP contribution in [0.4, 0.5) is 0 Å². The zero-order valence-electron chi connectivity index (χ0n) is 13.5. The van der Waals surface area contributed by atoms with Gasteiger partial charge in [-0.1, -0.05) is 23.7 Å². The molecule has 0 fully saturated rings. The fourth-order valence-electron chi connectivity index (χ4n) is 2.13. The normalized spacial score (nSPS) is 12.5. The van der Waals surface area contributed by atoms with Crippen LogP contribution in [-0.4, -0.2) is 26.9 Å². The van der Waals surface area contributed by atoms with Crippen molar-refractivity contribution in [2.75, 3.05) is 0 Å². The van der Waals surface area contributed by atoms with Crippen LogP contribution in [0.15, 0.2) is 4.52 Å². The average Bonchev–Trinajstić information content (AvgIpc) is 2.95. The highest BCUT2D eigenvalue weighted by atomic mass is 35.5. The summed E-state index contributed by atoms with van der Waals surface area (Å²) in [5, 5.41) is 11.8. The lowest BCUT2D eigenvalue weighted by Crippen LogP contribution is -2.33. The standard InChI is InChI=1S/C15H21ClN4O2/c1-6-8(2)17-15(21)14-12(11(5)22-19-14)7-20-10(4)13(16)9(3)18-20/h8H,6-7H2,1-5H3,(H,17,21). The SMILES string of the molecule is CCC(C)NC(=O)c1noc(C)c1Cn1nc(C)c(Cl)c1C.